The van der Waals surface area contributed by atoms with Crippen molar-refractivity contribution in [3.8, 4) is 0 Å². The summed E-state index contributed by atoms with van der Waals surface area (Å²) in [6, 6.07) is -1.12. The lowest BCUT2D eigenvalue weighted by molar-refractivity contribution is -0.146. The van der Waals surface area contributed by atoms with Crippen LogP contribution in [0.1, 0.15) is 6.92 Å². The van der Waals surface area contributed by atoms with Crippen LogP contribution in [-0.2, 0) is 14.3 Å². The number of esters is 1. The Balaban J connectivity index is 0. The largest absolute Gasteiger partial charge is 0.480 e. The average Bonchev–Trinajstić information content (AvgIpc) is 1.82. The molecule has 1 atom stereocenters. The quantitative estimate of drug-likeness (QED) is 0.570. The molecule has 0 aliphatic heterocycles. The molecule has 0 fully saturated rings. The van der Waals surface area contributed by atoms with Gasteiger partial charge in [-0.25, -0.2) is 0 Å². The third-order valence-corrected chi connectivity index (χ3v) is 0.783. The third-order valence-electron chi connectivity index (χ3n) is 0.783. The van der Waals surface area contributed by atoms with Gasteiger partial charge in [-0.1, -0.05) is 0 Å². The lowest BCUT2D eigenvalue weighted by Gasteiger charge is -2.04. The predicted octanol–water partition coefficient (Wildman–Crippen LogP) is -0.617. The molecule has 0 rings (SSSR count). The summed E-state index contributed by atoms with van der Waals surface area (Å²) in [6.45, 7) is 0.916. The molecule has 0 saturated heterocycles. The van der Waals surface area contributed by atoms with Gasteiger partial charge in [-0.2, -0.15) is 0 Å². The summed E-state index contributed by atoms with van der Waals surface area (Å²) in [5, 5.41) is 8.18. The first kappa shape index (κ1) is 12.8. The van der Waals surface area contributed by atoms with Gasteiger partial charge in [0.05, 0.1) is 0 Å². The van der Waals surface area contributed by atoms with E-state index in [1.54, 1.807) is 0 Å². The zero-order valence-electron chi connectivity index (χ0n) is 5.94. The molecule has 0 radical (unpaired) electrons. The number of nitrogens with two attached hydrogens (primary N) is 1. The van der Waals surface area contributed by atoms with E-state index in [1.165, 1.54) is 6.92 Å². The molecule has 1 unspecified atom stereocenters. The summed E-state index contributed by atoms with van der Waals surface area (Å²) >= 11 is 0. The molecule has 6 heteroatoms. The molecular weight excluding hydrogens is 174 g/mol. The van der Waals surface area contributed by atoms with Gasteiger partial charge in [0.25, 0.3) is 0 Å². The smallest absolute Gasteiger partial charge is 0.324 e. The molecule has 0 bridgehead atoms. The van der Waals surface area contributed by atoms with Crippen molar-refractivity contribution >= 4 is 24.3 Å². The van der Waals surface area contributed by atoms with Crippen LogP contribution in [0.5, 0.6) is 0 Å². The van der Waals surface area contributed by atoms with Gasteiger partial charge in [0, 0.05) is 6.92 Å². The van der Waals surface area contributed by atoms with Crippen LogP contribution >= 0.6 is 12.4 Å². The van der Waals surface area contributed by atoms with Crippen molar-refractivity contribution in [2.45, 2.75) is 13.0 Å². The highest BCUT2D eigenvalue weighted by molar-refractivity contribution is 5.85. The highest BCUT2D eigenvalue weighted by Crippen LogP contribution is 1.82. The fourth-order valence-corrected chi connectivity index (χ4v) is 0.278. The molecule has 0 saturated carbocycles. The van der Waals surface area contributed by atoms with Gasteiger partial charge in [0.15, 0.2) is 0 Å². The molecule has 0 spiro atoms. The highest BCUT2D eigenvalue weighted by Gasteiger charge is 2.11. The number of ether oxygens (including phenoxy) is 1. The molecule has 0 aliphatic rings. The standard InChI is InChI=1S/C5H9NO4.ClH/c1-3(7)10-2-4(6)5(8)9;/h4H,2,6H2,1H3,(H,8,9);1H. The maximum Gasteiger partial charge on any atom is 0.324 e. The Hall–Kier alpha value is -0.810. The number of aliphatic carboxylic acids is 1. The summed E-state index contributed by atoms with van der Waals surface area (Å²) in [6.07, 6.45) is 0. The molecule has 0 aromatic heterocycles. The van der Waals surface area contributed by atoms with E-state index in [1.807, 2.05) is 0 Å². The van der Waals surface area contributed by atoms with Crippen LogP contribution < -0.4 is 5.73 Å². The summed E-state index contributed by atoms with van der Waals surface area (Å²) in [5.74, 6) is -1.71. The molecule has 66 valence electrons. The van der Waals surface area contributed by atoms with Crippen molar-refractivity contribution < 1.29 is 19.4 Å². The molecule has 11 heavy (non-hydrogen) atoms. The van der Waals surface area contributed by atoms with Crippen molar-refractivity contribution in [1.82, 2.24) is 0 Å². The number of hydrogen-bond acceptors (Lipinski definition) is 4. The molecule has 0 aromatic carbocycles. The van der Waals surface area contributed by atoms with Crippen LogP contribution in [-0.4, -0.2) is 29.7 Å². The summed E-state index contributed by atoms with van der Waals surface area (Å²) in [5.41, 5.74) is 4.99. The fraction of sp³-hybridized carbons (Fsp3) is 0.600. The highest BCUT2D eigenvalue weighted by atomic mass is 35.5. The first-order valence-electron chi connectivity index (χ1n) is 2.65. The van der Waals surface area contributed by atoms with E-state index in [2.05, 4.69) is 4.74 Å². The van der Waals surface area contributed by atoms with E-state index in [9.17, 15) is 9.59 Å². The van der Waals surface area contributed by atoms with Gasteiger partial charge < -0.3 is 15.6 Å². The Bertz CT molecular complexity index is 149. The molecule has 3 N–H and O–H groups in total. The van der Waals surface area contributed by atoms with E-state index in [4.69, 9.17) is 10.8 Å². The van der Waals surface area contributed by atoms with Crippen LogP contribution in [0.4, 0.5) is 0 Å². The Morgan fingerprint density at radius 2 is 2.09 bits per heavy atom. The van der Waals surface area contributed by atoms with Crippen LogP contribution in [0, 0.1) is 0 Å². The molecule has 0 amide bonds. The first-order chi connectivity index (χ1) is 4.54. The van der Waals surface area contributed by atoms with Crippen LogP contribution in [0.3, 0.4) is 0 Å². The lowest BCUT2D eigenvalue weighted by Crippen LogP contribution is -2.35. The Morgan fingerprint density at radius 1 is 1.64 bits per heavy atom. The first-order valence-corrected chi connectivity index (χ1v) is 2.65. The molecule has 0 aromatic rings. The van der Waals surface area contributed by atoms with Crippen molar-refractivity contribution in [3.63, 3.8) is 0 Å². The minimum atomic E-state index is -1.18. The van der Waals surface area contributed by atoms with Crippen LogP contribution in [0.2, 0.25) is 0 Å². The topological polar surface area (TPSA) is 89.6 Å². The molecule has 5 nitrogen and oxygen atoms in total. The molecule has 0 aliphatic carbocycles. The second kappa shape index (κ2) is 5.94. The number of hydrogen-bond donors (Lipinski definition) is 2. The van der Waals surface area contributed by atoms with Crippen molar-refractivity contribution in [3.05, 3.63) is 0 Å². The Morgan fingerprint density at radius 3 is 2.36 bits per heavy atom. The number of carbonyl (C=O) groups is 2. The number of rotatable bonds is 3. The molecular formula is C5H10ClNO4. The van der Waals surface area contributed by atoms with Gasteiger partial charge in [0.1, 0.15) is 12.6 Å². The van der Waals surface area contributed by atoms with Crippen molar-refractivity contribution in [2.24, 2.45) is 5.73 Å². The maximum atomic E-state index is 10.1. The number of halogens is 1. The van der Waals surface area contributed by atoms with E-state index in [-0.39, 0.29) is 19.0 Å². The molecule has 0 heterocycles. The van der Waals surface area contributed by atoms with Gasteiger partial charge >= 0.3 is 11.9 Å². The SMILES string of the molecule is CC(=O)OCC(N)C(=O)O.Cl. The van der Waals surface area contributed by atoms with Crippen molar-refractivity contribution in [2.75, 3.05) is 6.61 Å². The Labute approximate surface area is 69.9 Å². The second-order valence-electron chi connectivity index (χ2n) is 1.75. The number of carboxylic acid groups (broad SMARTS) is 1. The normalized spacial score (nSPS) is 11.1. The van der Waals surface area contributed by atoms with Gasteiger partial charge in [0.2, 0.25) is 0 Å². The summed E-state index contributed by atoms with van der Waals surface area (Å²) in [4.78, 5) is 20.1. The van der Waals surface area contributed by atoms with Gasteiger partial charge in [-0.15, -0.1) is 12.4 Å². The second-order valence-corrected chi connectivity index (χ2v) is 1.75. The monoisotopic (exact) mass is 183 g/mol. The maximum absolute atomic E-state index is 10.1. The summed E-state index contributed by atoms with van der Waals surface area (Å²) < 4.78 is 4.32. The van der Waals surface area contributed by atoms with Crippen LogP contribution in [0.25, 0.3) is 0 Å². The minimum absolute atomic E-state index is 0. The zero-order chi connectivity index (χ0) is 8.15. The minimum Gasteiger partial charge on any atom is -0.480 e. The number of carbonyl (C=O) groups excluding carboxylic acids is 1. The lowest BCUT2D eigenvalue weighted by atomic mass is 10.3. The zero-order valence-corrected chi connectivity index (χ0v) is 6.76. The third kappa shape index (κ3) is 7.08. The van der Waals surface area contributed by atoms with E-state index >= 15 is 0 Å². The fourth-order valence-electron chi connectivity index (χ4n) is 0.278. The van der Waals surface area contributed by atoms with Gasteiger partial charge in [-0.3, -0.25) is 9.59 Å². The van der Waals surface area contributed by atoms with Gasteiger partial charge in [-0.05, 0) is 0 Å². The van der Waals surface area contributed by atoms with E-state index < -0.39 is 18.0 Å². The average molecular weight is 184 g/mol. The summed E-state index contributed by atoms with van der Waals surface area (Å²) in [7, 11) is 0. The predicted molar refractivity (Wildman–Crippen MR) is 39.5 cm³/mol. The van der Waals surface area contributed by atoms with Crippen molar-refractivity contribution in [1.29, 1.82) is 0 Å². The van der Waals surface area contributed by atoms with E-state index in [0.29, 0.717) is 0 Å². The number of carboxylic acids is 1. The van der Waals surface area contributed by atoms with E-state index in [0.717, 1.165) is 0 Å². The Kier molecular flexibility index (Phi) is 6.92. The van der Waals surface area contributed by atoms with Crippen LogP contribution in [0.15, 0.2) is 0 Å².